The van der Waals surface area contributed by atoms with Crippen LogP contribution in [-0.2, 0) is 0 Å². The van der Waals surface area contributed by atoms with Gasteiger partial charge in [-0.05, 0) is 42.6 Å². The molecule has 0 saturated heterocycles. The summed E-state index contributed by atoms with van der Waals surface area (Å²) in [4.78, 5) is 7.36. The topological polar surface area (TPSA) is 37.9 Å². The summed E-state index contributed by atoms with van der Waals surface area (Å²) in [6.07, 6.45) is 3.68. The molecule has 0 radical (unpaired) electrons. The lowest BCUT2D eigenvalue weighted by atomic mass is 10.2. The number of ether oxygens (including phenoxy) is 1. The van der Waals surface area contributed by atoms with E-state index in [1.165, 1.54) is 5.39 Å². The summed E-state index contributed by atoms with van der Waals surface area (Å²) < 4.78 is 5.80. The first kappa shape index (κ1) is 9.90. The fourth-order valence-corrected chi connectivity index (χ4v) is 1.79. The van der Waals surface area contributed by atoms with Crippen molar-refractivity contribution < 1.29 is 4.74 Å². The van der Waals surface area contributed by atoms with E-state index in [4.69, 9.17) is 4.74 Å². The largest absolute Gasteiger partial charge is 0.455 e. The maximum absolute atomic E-state index is 5.80. The normalized spacial score (nSPS) is 10.6. The molecule has 0 unspecified atom stereocenters. The highest BCUT2D eigenvalue weighted by Crippen LogP contribution is 2.26. The highest BCUT2D eigenvalue weighted by atomic mass is 16.5. The summed E-state index contributed by atoms with van der Waals surface area (Å²) in [5.41, 5.74) is 1.96. The Morgan fingerprint density at radius 3 is 3.00 bits per heavy atom. The second-order valence-corrected chi connectivity index (χ2v) is 3.92. The van der Waals surface area contributed by atoms with Crippen molar-refractivity contribution in [2.45, 2.75) is 6.92 Å². The molecule has 2 aromatic heterocycles. The summed E-state index contributed by atoms with van der Waals surface area (Å²) in [6, 6.07) is 11.8. The van der Waals surface area contributed by atoms with E-state index in [-0.39, 0.29) is 0 Å². The van der Waals surface area contributed by atoms with E-state index in [0.29, 0.717) is 0 Å². The molecule has 84 valence electrons. The van der Waals surface area contributed by atoms with Gasteiger partial charge in [0.2, 0.25) is 0 Å². The quantitative estimate of drug-likeness (QED) is 0.721. The zero-order chi connectivity index (χ0) is 11.7. The average Bonchev–Trinajstić information content (AvgIpc) is 2.79. The molecule has 3 nitrogen and oxygen atoms in total. The number of H-pyrrole nitrogens is 1. The van der Waals surface area contributed by atoms with Gasteiger partial charge >= 0.3 is 0 Å². The molecule has 0 bridgehead atoms. The molecule has 0 saturated carbocycles. The number of hydrogen-bond donors (Lipinski definition) is 1. The monoisotopic (exact) mass is 224 g/mol. The molecular formula is C14H12N2O. The van der Waals surface area contributed by atoms with E-state index in [2.05, 4.69) is 9.97 Å². The Bertz CT molecular complexity index is 658. The first-order chi connectivity index (χ1) is 8.33. The highest BCUT2D eigenvalue weighted by molar-refractivity contribution is 5.80. The molecule has 1 aromatic carbocycles. The van der Waals surface area contributed by atoms with Crippen LogP contribution in [0.25, 0.3) is 10.9 Å². The Labute approximate surface area is 99.1 Å². The van der Waals surface area contributed by atoms with Crippen LogP contribution >= 0.6 is 0 Å². The number of benzene rings is 1. The third-order valence-corrected chi connectivity index (χ3v) is 2.71. The van der Waals surface area contributed by atoms with E-state index in [9.17, 15) is 0 Å². The molecular weight excluding hydrogens is 212 g/mol. The third kappa shape index (κ3) is 1.87. The van der Waals surface area contributed by atoms with Gasteiger partial charge in [0.05, 0.1) is 5.69 Å². The van der Waals surface area contributed by atoms with Gasteiger partial charge in [0, 0.05) is 24.0 Å². The number of aryl methyl sites for hydroxylation is 1. The third-order valence-electron chi connectivity index (χ3n) is 2.71. The molecule has 0 amide bonds. The minimum absolute atomic E-state index is 0.790. The molecule has 0 aliphatic rings. The Morgan fingerprint density at radius 2 is 2.12 bits per heavy atom. The van der Waals surface area contributed by atoms with E-state index in [1.807, 2.05) is 49.5 Å². The predicted molar refractivity (Wildman–Crippen MR) is 67.3 cm³/mol. The number of nitrogens with zero attached hydrogens (tertiary/aromatic N) is 1. The molecule has 3 aromatic rings. The fraction of sp³-hybridized carbons (Fsp3) is 0.0714. The van der Waals surface area contributed by atoms with Crippen molar-refractivity contribution in [3.8, 4) is 11.5 Å². The van der Waals surface area contributed by atoms with Gasteiger partial charge in [-0.2, -0.15) is 0 Å². The number of pyridine rings is 1. The highest BCUT2D eigenvalue weighted by Gasteiger charge is 2.02. The van der Waals surface area contributed by atoms with Crippen molar-refractivity contribution >= 4 is 10.9 Å². The maximum atomic E-state index is 5.80. The molecule has 0 aliphatic carbocycles. The molecule has 3 heteroatoms. The van der Waals surface area contributed by atoms with E-state index >= 15 is 0 Å². The lowest BCUT2D eigenvalue weighted by Crippen LogP contribution is -1.89. The van der Waals surface area contributed by atoms with Crippen LogP contribution in [0.4, 0.5) is 0 Å². The number of fused-ring (bicyclic) bond motifs is 1. The van der Waals surface area contributed by atoms with Crippen molar-refractivity contribution in [3.05, 3.63) is 54.5 Å². The van der Waals surface area contributed by atoms with Crippen LogP contribution in [0, 0.1) is 6.92 Å². The molecule has 1 N–H and O–H groups in total. The Kier molecular flexibility index (Phi) is 2.29. The predicted octanol–water partition coefficient (Wildman–Crippen LogP) is 3.66. The van der Waals surface area contributed by atoms with Gasteiger partial charge in [-0.25, -0.2) is 0 Å². The first-order valence-electron chi connectivity index (χ1n) is 5.49. The van der Waals surface area contributed by atoms with Crippen LogP contribution in [0.3, 0.4) is 0 Å². The second-order valence-electron chi connectivity index (χ2n) is 3.92. The van der Waals surface area contributed by atoms with Gasteiger partial charge in [-0.3, -0.25) is 4.98 Å². The van der Waals surface area contributed by atoms with Crippen LogP contribution in [0.1, 0.15) is 5.69 Å². The first-order valence-corrected chi connectivity index (χ1v) is 5.49. The molecule has 0 atom stereocenters. The van der Waals surface area contributed by atoms with Crippen LogP contribution in [0.15, 0.2) is 48.8 Å². The van der Waals surface area contributed by atoms with Gasteiger partial charge in [-0.15, -0.1) is 0 Å². The summed E-state index contributed by atoms with van der Waals surface area (Å²) >= 11 is 0. The minimum atomic E-state index is 0.790. The molecule has 0 fully saturated rings. The van der Waals surface area contributed by atoms with Gasteiger partial charge in [0.25, 0.3) is 0 Å². The molecule has 0 spiro atoms. The molecule has 17 heavy (non-hydrogen) atoms. The van der Waals surface area contributed by atoms with Crippen LogP contribution in [-0.4, -0.2) is 9.97 Å². The zero-order valence-corrected chi connectivity index (χ0v) is 9.47. The molecule has 2 heterocycles. The smallest absolute Gasteiger partial charge is 0.148 e. The number of hydrogen-bond acceptors (Lipinski definition) is 2. The number of aromatic amines is 1. The van der Waals surface area contributed by atoms with Crippen molar-refractivity contribution in [1.29, 1.82) is 0 Å². The minimum Gasteiger partial charge on any atom is -0.455 e. The standard InChI is InChI=1S/C14H12N2O/c1-10-14(3-2-7-15-10)17-12-5-4-11-6-8-16-13(11)9-12/h2-9,16H,1H3. The van der Waals surface area contributed by atoms with Crippen LogP contribution < -0.4 is 4.74 Å². The maximum Gasteiger partial charge on any atom is 0.148 e. The Hall–Kier alpha value is -2.29. The van der Waals surface area contributed by atoms with Crippen LogP contribution in [0.2, 0.25) is 0 Å². The second kappa shape index (κ2) is 3.94. The average molecular weight is 224 g/mol. The zero-order valence-electron chi connectivity index (χ0n) is 9.47. The summed E-state index contributed by atoms with van der Waals surface area (Å²) in [5, 5.41) is 1.18. The van der Waals surface area contributed by atoms with Crippen molar-refractivity contribution in [2.24, 2.45) is 0 Å². The van der Waals surface area contributed by atoms with Crippen molar-refractivity contribution in [3.63, 3.8) is 0 Å². The SMILES string of the molecule is Cc1ncccc1Oc1ccc2cc[nH]c2c1. The van der Waals surface area contributed by atoms with Gasteiger partial charge in [0.1, 0.15) is 11.5 Å². The van der Waals surface area contributed by atoms with Gasteiger partial charge in [0.15, 0.2) is 0 Å². The summed E-state index contributed by atoms with van der Waals surface area (Å²) in [7, 11) is 0. The molecule has 3 rings (SSSR count). The summed E-state index contributed by atoms with van der Waals surface area (Å²) in [5.74, 6) is 1.61. The lowest BCUT2D eigenvalue weighted by Gasteiger charge is -2.07. The molecule has 0 aliphatic heterocycles. The van der Waals surface area contributed by atoms with Gasteiger partial charge in [-0.1, -0.05) is 0 Å². The summed E-state index contributed by atoms with van der Waals surface area (Å²) in [6.45, 7) is 1.93. The van der Waals surface area contributed by atoms with Crippen molar-refractivity contribution in [2.75, 3.05) is 0 Å². The Balaban J connectivity index is 1.97. The van der Waals surface area contributed by atoms with E-state index in [0.717, 1.165) is 22.7 Å². The van der Waals surface area contributed by atoms with E-state index < -0.39 is 0 Å². The number of aromatic nitrogens is 2. The Morgan fingerprint density at radius 1 is 1.18 bits per heavy atom. The van der Waals surface area contributed by atoms with Crippen LogP contribution in [0.5, 0.6) is 11.5 Å². The number of nitrogens with one attached hydrogen (secondary N) is 1. The lowest BCUT2D eigenvalue weighted by molar-refractivity contribution is 0.476. The van der Waals surface area contributed by atoms with E-state index in [1.54, 1.807) is 6.20 Å². The van der Waals surface area contributed by atoms with Gasteiger partial charge < -0.3 is 9.72 Å². The van der Waals surface area contributed by atoms with Crippen molar-refractivity contribution in [1.82, 2.24) is 9.97 Å². The number of rotatable bonds is 2. The fourth-order valence-electron chi connectivity index (χ4n) is 1.79.